The average Bonchev–Trinajstić information content (AvgIpc) is 3.09. The van der Waals surface area contributed by atoms with Gasteiger partial charge in [0.25, 0.3) is 10.0 Å². The summed E-state index contributed by atoms with van der Waals surface area (Å²) in [5.41, 5.74) is 1.28. The summed E-state index contributed by atoms with van der Waals surface area (Å²) in [5.74, 6) is -0.797. The molecule has 2 aromatic rings. The number of hydrogen-bond donors (Lipinski definition) is 2. The van der Waals surface area contributed by atoms with Crippen molar-refractivity contribution in [1.29, 1.82) is 0 Å². The van der Waals surface area contributed by atoms with Gasteiger partial charge in [-0.1, -0.05) is 26.0 Å². The normalized spacial score (nSPS) is 21.3. The molecule has 1 aliphatic carbocycles. The molecule has 0 saturated carbocycles. The second-order valence-electron chi connectivity index (χ2n) is 8.30. The van der Waals surface area contributed by atoms with Crippen LogP contribution in [0.1, 0.15) is 25.8 Å². The first-order chi connectivity index (χ1) is 13.5. The molecule has 1 aliphatic rings. The Morgan fingerprint density at radius 1 is 1.31 bits per heavy atom. The molecule has 158 valence electrons. The standard InChI is InChI=1S/C20H27FN4O2S2/c1-13-10-18(29(26,27)24-19-22-8-9-28-19)14(21)11-15(13)23-16-12-20(2,3)7-6-17(16)25(4)5/h6-11,16-17,23H,12H2,1-5H3,(H,22,24)/t16?,17-/m0/s1. The molecule has 0 fully saturated rings. The van der Waals surface area contributed by atoms with E-state index in [4.69, 9.17) is 0 Å². The number of nitrogens with one attached hydrogen (secondary N) is 2. The Kier molecular flexibility index (Phi) is 6.03. The summed E-state index contributed by atoms with van der Waals surface area (Å²) < 4.78 is 42.3. The summed E-state index contributed by atoms with van der Waals surface area (Å²) in [7, 11) is -0.0347. The van der Waals surface area contributed by atoms with E-state index in [-0.39, 0.29) is 27.5 Å². The molecule has 3 rings (SSSR count). The molecule has 0 amide bonds. The second kappa shape index (κ2) is 8.04. The van der Waals surface area contributed by atoms with Crippen LogP contribution in [0.3, 0.4) is 0 Å². The lowest BCUT2D eigenvalue weighted by Gasteiger charge is -2.40. The Balaban J connectivity index is 1.88. The first-order valence-electron chi connectivity index (χ1n) is 9.33. The van der Waals surface area contributed by atoms with Crippen molar-refractivity contribution < 1.29 is 12.8 Å². The van der Waals surface area contributed by atoms with Crippen molar-refractivity contribution in [2.24, 2.45) is 5.41 Å². The van der Waals surface area contributed by atoms with Crippen molar-refractivity contribution in [2.75, 3.05) is 24.1 Å². The van der Waals surface area contributed by atoms with Gasteiger partial charge in [0, 0.05) is 29.3 Å². The fraction of sp³-hybridized carbons (Fsp3) is 0.450. The lowest BCUT2D eigenvalue weighted by Crippen LogP contribution is -2.46. The Hall–Kier alpha value is -1.97. The highest BCUT2D eigenvalue weighted by Crippen LogP contribution is 2.34. The van der Waals surface area contributed by atoms with E-state index in [1.807, 2.05) is 14.1 Å². The Bertz CT molecular complexity index is 1000. The average molecular weight is 439 g/mol. The van der Waals surface area contributed by atoms with E-state index >= 15 is 0 Å². The number of halogens is 1. The number of nitrogens with zero attached hydrogens (tertiary/aromatic N) is 2. The topological polar surface area (TPSA) is 74.3 Å². The molecule has 0 bridgehead atoms. The second-order valence-corrected chi connectivity index (χ2v) is 10.8. The molecular formula is C20H27FN4O2S2. The largest absolute Gasteiger partial charge is 0.380 e. The zero-order valence-electron chi connectivity index (χ0n) is 17.2. The lowest BCUT2D eigenvalue weighted by molar-refractivity contribution is 0.250. The highest BCUT2D eigenvalue weighted by atomic mass is 32.2. The van der Waals surface area contributed by atoms with Gasteiger partial charge in [-0.3, -0.25) is 4.72 Å². The van der Waals surface area contributed by atoms with Crippen LogP contribution in [0.4, 0.5) is 15.2 Å². The van der Waals surface area contributed by atoms with Crippen molar-refractivity contribution in [3.05, 3.63) is 47.2 Å². The number of aryl methyl sites for hydroxylation is 1. The monoisotopic (exact) mass is 438 g/mol. The summed E-state index contributed by atoms with van der Waals surface area (Å²) in [4.78, 5) is 5.63. The highest BCUT2D eigenvalue weighted by Gasteiger charge is 2.32. The van der Waals surface area contributed by atoms with Crippen LogP contribution in [-0.2, 0) is 10.0 Å². The third-order valence-electron chi connectivity index (χ3n) is 5.06. The fourth-order valence-electron chi connectivity index (χ4n) is 3.58. The number of allylic oxidation sites excluding steroid dienone is 1. The number of rotatable bonds is 6. The maximum absolute atomic E-state index is 14.8. The van der Waals surface area contributed by atoms with Crippen LogP contribution in [0.15, 0.2) is 40.8 Å². The van der Waals surface area contributed by atoms with Crippen LogP contribution in [-0.4, -0.2) is 44.5 Å². The van der Waals surface area contributed by atoms with Crippen molar-refractivity contribution in [1.82, 2.24) is 9.88 Å². The number of thiazole rings is 1. The first-order valence-corrected chi connectivity index (χ1v) is 11.7. The molecule has 2 N–H and O–H groups in total. The third kappa shape index (κ3) is 4.96. The van der Waals surface area contributed by atoms with Gasteiger partial charge in [-0.05, 0) is 50.6 Å². The van der Waals surface area contributed by atoms with Crippen LogP contribution in [0.5, 0.6) is 0 Å². The molecule has 1 heterocycles. The maximum atomic E-state index is 14.8. The van der Waals surface area contributed by atoms with Gasteiger partial charge in [-0.15, -0.1) is 11.3 Å². The van der Waals surface area contributed by atoms with Crippen LogP contribution < -0.4 is 10.0 Å². The van der Waals surface area contributed by atoms with Crippen LogP contribution in [0.25, 0.3) is 0 Å². The fourth-order valence-corrected chi connectivity index (χ4v) is 5.51. The molecule has 0 aliphatic heterocycles. The summed E-state index contributed by atoms with van der Waals surface area (Å²) in [6, 6.07) is 2.85. The summed E-state index contributed by atoms with van der Waals surface area (Å²) in [5, 5.41) is 5.29. The Morgan fingerprint density at radius 3 is 2.66 bits per heavy atom. The Labute approximate surface area is 175 Å². The maximum Gasteiger partial charge on any atom is 0.266 e. The third-order valence-corrected chi connectivity index (χ3v) is 7.23. The molecule has 9 heteroatoms. The van der Waals surface area contributed by atoms with E-state index in [0.29, 0.717) is 11.3 Å². The minimum Gasteiger partial charge on any atom is -0.380 e. The van der Waals surface area contributed by atoms with Crippen LogP contribution in [0.2, 0.25) is 0 Å². The summed E-state index contributed by atoms with van der Waals surface area (Å²) >= 11 is 1.14. The molecule has 2 atom stereocenters. The molecule has 1 aromatic heterocycles. The molecule has 0 radical (unpaired) electrons. The minimum atomic E-state index is -4.05. The number of likely N-dealkylation sites (N-methyl/N-ethyl adjacent to an activating group) is 1. The van der Waals surface area contributed by atoms with E-state index in [2.05, 4.69) is 45.9 Å². The first kappa shape index (κ1) is 21.7. The van der Waals surface area contributed by atoms with E-state index in [9.17, 15) is 12.8 Å². The SMILES string of the molecule is Cc1cc(S(=O)(=O)Nc2nccs2)c(F)cc1NC1CC(C)(C)C=C[C@@H]1N(C)C. The van der Waals surface area contributed by atoms with Crippen molar-refractivity contribution in [3.8, 4) is 0 Å². The van der Waals surface area contributed by atoms with Gasteiger partial charge in [0.2, 0.25) is 0 Å². The van der Waals surface area contributed by atoms with E-state index in [0.717, 1.165) is 17.8 Å². The number of sulfonamides is 1. The van der Waals surface area contributed by atoms with Crippen LogP contribution in [0, 0.1) is 18.2 Å². The molecule has 0 saturated heterocycles. The molecule has 1 aromatic carbocycles. The zero-order valence-corrected chi connectivity index (χ0v) is 18.9. The number of aromatic nitrogens is 1. The van der Waals surface area contributed by atoms with E-state index in [1.165, 1.54) is 18.3 Å². The van der Waals surface area contributed by atoms with Gasteiger partial charge >= 0.3 is 0 Å². The van der Waals surface area contributed by atoms with Crippen LogP contribution >= 0.6 is 11.3 Å². The Morgan fingerprint density at radius 2 is 2.03 bits per heavy atom. The molecule has 1 unspecified atom stereocenters. The number of hydrogen-bond acceptors (Lipinski definition) is 6. The number of benzene rings is 1. The predicted molar refractivity (Wildman–Crippen MR) is 116 cm³/mol. The van der Waals surface area contributed by atoms with Crippen molar-refractivity contribution in [3.63, 3.8) is 0 Å². The molecule has 29 heavy (non-hydrogen) atoms. The van der Waals surface area contributed by atoms with Gasteiger partial charge in [0.05, 0.1) is 0 Å². The predicted octanol–water partition coefficient (Wildman–Crippen LogP) is 4.09. The quantitative estimate of drug-likeness (QED) is 0.665. The number of anilines is 2. The summed E-state index contributed by atoms with van der Waals surface area (Å²) in [6.45, 7) is 6.10. The lowest BCUT2D eigenvalue weighted by atomic mass is 9.78. The van der Waals surface area contributed by atoms with Gasteiger partial charge in [-0.25, -0.2) is 17.8 Å². The smallest absolute Gasteiger partial charge is 0.266 e. The zero-order chi connectivity index (χ0) is 21.4. The molecular weight excluding hydrogens is 411 g/mol. The van der Waals surface area contributed by atoms with Gasteiger partial charge in [0.15, 0.2) is 5.13 Å². The van der Waals surface area contributed by atoms with Gasteiger partial charge in [-0.2, -0.15) is 0 Å². The van der Waals surface area contributed by atoms with Gasteiger partial charge in [0.1, 0.15) is 10.7 Å². The van der Waals surface area contributed by atoms with Crippen molar-refractivity contribution in [2.45, 2.75) is 44.2 Å². The highest BCUT2D eigenvalue weighted by molar-refractivity contribution is 7.93. The molecule has 6 nitrogen and oxygen atoms in total. The van der Waals surface area contributed by atoms with Crippen molar-refractivity contribution >= 4 is 32.2 Å². The minimum absolute atomic E-state index is 0.0253. The van der Waals surface area contributed by atoms with E-state index in [1.54, 1.807) is 12.3 Å². The molecule has 0 spiro atoms. The van der Waals surface area contributed by atoms with Gasteiger partial charge < -0.3 is 10.2 Å². The summed E-state index contributed by atoms with van der Waals surface area (Å²) in [6.07, 6.45) is 6.74. The van der Waals surface area contributed by atoms with E-state index < -0.39 is 15.8 Å².